The molecule has 0 bridgehead atoms. The van der Waals surface area contributed by atoms with Gasteiger partial charge in [-0.2, -0.15) is 9.67 Å². The Bertz CT molecular complexity index is 820. The summed E-state index contributed by atoms with van der Waals surface area (Å²) in [6, 6.07) is 13.1. The van der Waals surface area contributed by atoms with Gasteiger partial charge in [0, 0.05) is 31.4 Å². The molecule has 0 unspecified atom stereocenters. The average molecular weight is 363 g/mol. The van der Waals surface area contributed by atoms with Crippen molar-refractivity contribution in [2.75, 3.05) is 24.9 Å². The third-order valence-electron chi connectivity index (χ3n) is 3.58. The number of hydrogen-bond acceptors (Lipinski definition) is 6. The number of ether oxygens (including phenoxy) is 1. The molecular formula is C17H21N3O4S. The lowest BCUT2D eigenvalue weighted by atomic mass is 10.3. The predicted molar refractivity (Wildman–Crippen MR) is 94.8 cm³/mol. The van der Waals surface area contributed by atoms with Crippen molar-refractivity contribution in [3.8, 4) is 5.75 Å². The van der Waals surface area contributed by atoms with Gasteiger partial charge in [0.05, 0.1) is 22.9 Å². The molecule has 8 heteroatoms. The monoisotopic (exact) mass is 363 g/mol. The molecule has 0 aliphatic rings. The summed E-state index contributed by atoms with van der Waals surface area (Å²) in [6.07, 6.45) is 3.78. The molecule has 7 nitrogen and oxygen atoms in total. The van der Waals surface area contributed by atoms with E-state index in [9.17, 15) is 13.0 Å². The highest BCUT2D eigenvalue weighted by Crippen LogP contribution is 2.18. The van der Waals surface area contributed by atoms with E-state index in [1.165, 1.54) is 0 Å². The van der Waals surface area contributed by atoms with Crippen molar-refractivity contribution < 1.29 is 22.3 Å². The molecule has 0 saturated heterocycles. The van der Waals surface area contributed by atoms with Crippen LogP contribution in [0.15, 0.2) is 53.8 Å². The van der Waals surface area contributed by atoms with E-state index in [2.05, 4.69) is 5.10 Å². The number of aromatic nitrogens is 1. The number of hydrogen-bond donors (Lipinski definition) is 0. The molecule has 1 aromatic heterocycles. The van der Waals surface area contributed by atoms with Gasteiger partial charge >= 0.3 is 0 Å². The van der Waals surface area contributed by atoms with E-state index >= 15 is 0 Å². The maximum absolute atomic E-state index is 10.7. The van der Waals surface area contributed by atoms with Crippen molar-refractivity contribution in [2.45, 2.75) is 13.0 Å². The second kappa shape index (κ2) is 8.59. The summed E-state index contributed by atoms with van der Waals surface area (Å²) in [5, 5.41) is 6.13. The van der Waals surface area contributed by atoms with E-state index in [-0.39, 0.29) is 12.2 Å². The molecule has 0 amide bonds. The molecule has 1 heterocycles. The van der Waals surface area contributed by atoms with Crippen molar-refractivity contribution in [1.82, 2.24) is 0 Å². The van der Waals surface area contributed by atoms with Gasteiger partial charge in [-0.3, -0.25) is 5.01 Å². The summed E-state index contributed by atoms with van der Waals surface area (Å²) in [5.74, 6) is 0.396. The van der Waals surface area contributed by atoms with Crippen molar-refractivity contribution in [1.29, 1.82) is 0 Å². The number of hydrazone groups is 1. The van der Waals surface area contributed by atoms with Crippen molar-refractivity contribution >= 4 is 22.0 Å². The topological polar surface area (TPSA) is 85.9 Å². The second-order valence-corrected chi connectivity index (χ2v) is 6.92. The second-order valence-electron chi connectivity index (χ2n) is 5.40. The standard InChI is InChI=1S/C17H21N3O4S/c1-19(15-7-9-17(24-2)10-8-15)18-14-16-6-3-4-11-20(16)12-5-13-25(21,22)23/h3-4,6-11,14H,5,12-13H2,1-2H3. The summed E-state index contributed by atoms with van der Waals surface area (Å²) in [6.45, 7) is 0.427. The van der Waals surface area contributed by atoms with E-state index in [4.69, 9.17) is 4.74 Å². The first-order valence-electron chi connectivity index (χ1n) is 7.73. The van der Waals surface area contributed by atoms with Crippen LogP contribution in [0.3, 0.4) is 0 Å². The molecule has 0 spiro atoms. The van der Waals surface area contributed by atoms with Crippen LogP contribution in [-0.2, 0) is 16.7 Å². The van der Waals surface area contributed by atoms with Gasteiger partial charge in [0.1, 0.15) is 18.5 Å². The third kappa shape index (κ3) is 6.17. The summed E-state index contributed by atoms with van der Waals surface area (Å²) in [5.41, 5.74) is 1.71. The molecule has 0 N–H and O–H groups in total. The maximum Gasteiger partial charge on any atom is 0.225 e. The largest absolute Gasteiger partial charge is 0.748 e. The van der Waals surface area contributed by atoms with E-state index in [1.807, 2.05) is 60.3 Å². The number of anilines is 1. The molecule has 0 aliphatic carbocycles. The zero-order valence-electron chi connectivity index (χ0n) is 14.2. The van der Waals surface area contributed by atoms with Crippen LogP contribution in [0.5, 0.6) is 5.75 Å². The maximum atomic E-state index is 10.7. The first-order chi connectivity index (χ1) is 11.9. The quantitative estimate of drug-likeness (QED) is 0.306. The Morgan fingerprint density at radius 1 is 1.24 bits per heavy atom. The Morgan fingerprint density at radius 2 is 1.96 bits per heavy atom. The summed E-state index contributed by atoms with van der Waals surface area (Å²) >= 11 is 0. The fraction of sp³-hybridized carbons (Fsp3) is 0.294. The van der Waals surface area contributed by atoms with Crippen LogP contribution < -0.4 is 14.3 Å². The minimum absolute atomic E-state index is 0.260. The lowest BCUT2D eigenvalue weighted by Crippen LogP contribution is -2.38. The van der Waals surface area contributed by atoms with Crippen molar-refractivity contribution in [2.24, 2.45) is 5.10 Å². The van der Waals surface area contributed by atoms with Gasteiger partial charge in [0.2, 0.25) is 5.69 Å². The van der Waals surface area contributed by atoms with Gasteiger partial charge in [-0.15, -0.1) is 0 Å². The molecule has 25 heavy (non-hydrogen) atoms. The molecule has 0 atom stereocenters. The van der Waals surface area contributed by atoms with Crippen LogP contribution >= 0.6 is 0 Å². The normalized spacial score (nSPS) is 11.6. The number of aryl methyl sites for hydroxylation is 1. The average Bonchev–Trinajstić information content (AvgIpc) is 2.59. The van der Waals surface area contributed by atoms with Crippen LogP contribution in [-0.4, -0.2) is 39.1 Å². The van der Waals surface area contributed by atoms with Crippen LogP contribution in [0.1, 0.15) is 12.1 Å². The third-order valence-corrected chi connectivity index (χ3v) is 4.37. The Balaban J connectivity index is 2.06. The Morgan fingerprint density at radius 3 is 2.60 bits per heavy atom. The van der Waals surface area contributed by atoms with Crippen LogP contribution in [0.2, 0.25) is 0 Å². The zero-order valence-corrected chi connectivity index (χ0v) is 15.0. The lowest BCUT2D eigenvalue weighted by Gasteiger charge is -2.12. The molecule has 0 aliphatic heterocycles. The Kier molecular flexibility index (Phi) is 6.49. The molecule has 0 fully saturated rings. The fourth-order valence-electron chi connectivity index (χ4n) is 2.23. The van der Waals surface area contributed by atoms with Gasteiger partial charge in [-0.1, -0.05) is 0 Å². The minimum atomic E-state index is -4.19. The van der Waals surface area contributed by atoms with E-state index in [1.54, 1.807) is 18.3 Å². The van der Waals surface area contributed by atoms with Gasteiger partial charge in [0.25, 0.3) is 0 Å². The SMILES string of the molecule is COc1ccc(N(C)N=Cc2cccc[n+]2CCCS(=O)(=O)[O-])cc1. The highest BCUT2D eigenvalue weighted by molar-refractivity contribution is 7.85. The van der Waals surface area contributed by atoms with Gasteiger partial charge in [0.15, 0.2) is 6.20 Å². The zero-order chi connectivity index (χ0) is 18.3. The van der Waals surface area contributed by atoms with Crippen LogP contribution in [0, 0.1) is 0 Å². The molecular weight excluding hydrogens is 342 g/mol. The van der Waals surface area contributed by atoms with Gasteiger partial charge in [-0.05, 0) is 30.3 Å². The van der Waals surface area contributed by atoms with Gasteiger partial charge < -0.3 is 9.29 Å². The smallest absolute Gasteiger partial charge is 0.225 e. The van der Waals surface area contributed by atoms with Crippen LogP contribution in [0.25, 0.3) is 0 Å². The van der Waals surface area contributed by atoms with E-state index in [0.29, 0.717) is 6.54 Å². The minimum Gasteiger partial charge on any atom is -0.748 e. The predicted octanol–water partition coefficient (Wildman–Crippen LogP) is 1.39. The molecule has 0 saturated carbocycles. The number of pyridine rings is 1. The highest BCUT2D eigenvalue weighted by atomic mass is 32.2. The molecule has 134 valence electrons. The molecule has 2 rings (SSSR count). The first kappa shape index (κ1) is 18.9. The summed E-state index contributed by atoms with van der Waals surface area (Å²) in [4.78, 5) is 0. The molecule has 1 aromatic carbocycles. The first-order valence-corrected chi connectivity index (χ1v) is 9.30. The number of benzene rings is 1. The Hall–Kier alpha value is -2.45. The van der Waals surface area contributed by atoms with Crippen molar-refractivity contribution in [3.05, 3.63) is 54.4 Å². The molecule has 0 radical (unpaired) electrons. The number of rotatable bonds is 8. The van der Waals surface area contributed by atoms with E-state index in [0.717, 1.165) is 17.1 Å². The molecule has 2 aromatic rings. The Labute approximate surface area is 147 Å². The summed E-state index contributed by atoms with van der Waals surface area (Å²) < 4.78 is 39.1. The fourth-order valence-corrected chi connectivity index (χ4v) is 2.72. The highest BCUT2D eigenvalue weighted by Gasteiger charge is 2.09. The van der Waals surface area contributed by atoms with E-state index < -0.39 is 10.1 Å². The van der Waals surface area contributed by atoms with Crippen molar-refractivity contribution in [3.63, 3.8) is 0 Å². The number of methoxy groups -OCH3 is 1. The number of nitrogens with zero attached hydrogens (tertiary/aromatic N) is 3. The lowest BCUT2D eigenvalue weighted by molar-refractivity contribution is -0.697. The summed E-state index contributed by atoms with van der Waals surface area (Å²) in [7, 11) is -0.747. The van der Waals surface area contributed by atoms with Gasteiger partial charge in [-0.25, -0.2) is 8.42 Å². The van der Waals surface area contributed by atoms with Crippen LogP contribution in [0.4, 0.5) is 5.69 Å².